The average molecular weight is 408 g/mol. The molecule has 27 heavy (non-hydrogen) atoms. The van der Waals surface area contributed by atoms with Crippen molar-refractivity contribution in [1.82, 2.24) is 4.72 Å². The van der Waals surface area contributed by atoms with Gasteiger partial charge in [0.2, 0.25) is 15.8 Å². The van der Waals surface area contributed by atoms with Crippen molar-refractivity contribution in [2.24, 2.45) is 0 Å². The van der Waals surface area contributed by atoms with Crippen molar-refractivity contribution < 1.29 is 22.7 Å². The SMILES string of the molecule is CCc1ccc(C(=O)COC(=O)CNS(=O)(=O)/C=C/c2ccc(C)cc2)s1. The highest BCUT2D eigenvalue weighted by atomic mass is 32.2. The molecule has 0 saturated heterocycles. The van der Waals surface area contributed by atoms with Crippen LogP contribution in [-0.4, -0.2) is 33.3 Å². The Morgan fingerprint density at radius 3 is 2.48 bits per heavy atom. The molecular weight excluding hydrogens is 386 g/mol. The number of thiophene rings is 1. The van der Waals surface area contributed by atoms with Crippen LogP contribution in [0.25, 0.3) is 6.08 Å². The molecule has 6 nitrogen and oxygen atoms in total. The molecule has 0 bridgehead atoms. The van der Waals surface area contributed by atoms with Gasteiger partial charge in [0.15, 0.2) is 6.61 Å². The molecule has 0 aliphatic carbocycles. The van der Waals surface area contributed by atoms with Crippen molar-refractivity contribution in [3.05, 3.63) is 62.7 Å². The number of carbonyl (C=O) groups excluding carboxylic acids is 2. The molecule has 0 aliphatic heterocycles. The highest BCUT2D eigenvalue weighted by Crippen LogP contribution is 2.17. The monoisotopic (exact) mass is 407 g/mol. The third kappa shape index (κ3) is 7.09. The molecule has 1 N–H and O–H groups in total. The first-order valence-electron chi connectivity index (χ1n) is 8.31. The zero-order valence-corrected chi connectivity index (χ0v) is 16.7. The summed E-state index contributed by atoms with van der Waals surface area (Å²) in [5, 5.41) is 0.980. The van der Waals surface area contributed by atoms with E-state index in [4.69, 9.17) is 4.74 Å². The van der Waals surface area contributed by atoms with Crippen LogP contribution in [0.3, 0.4) is 0 Å². The topological polar surface area (TPSA) is 89.5 Å². The lowest BCUT2D eigenvalue weighted by Crippen LogP contribution is -2.30. The number of ketones is 1. The number of sulfonamides is 1. The highest BCUT2D eigenvalue weighted by molar-refractivity contribution is 7.92. The van der Waals surface area contributed by atoms with Gasteiger partial charge in [-0.1, -0.05) is 36.8 Å². The fraction of sp³-hybridized carbons (Fsp3) is 0.263. The quantitative estimate of drug-likeness (QED) is 0.510. The molecule has 0 aliphatic rings. The largest absolute Gasteiger partial charge is 0.456 e. The van der Waals surface area contributed by atoms with Crippen molar-refractivity contribution in [1.29, 1.82) is 0 Å². The molecule has 144 valence electrons. The standard InChI is InChI=1S/C19H21NO5S2/c1-3-16-8-9-18(26-16)17(21)13-25-19(22)12-20-27(23,24)11-10-15-6-4-14(2)5-7-15/h4-11,20H,3,12-13H2,1-2H3/b11-10+. The number of hydrogen-bond acceptors (Lipinski definition) is 6. The molecule has 0 unspecified atom stereocenters. The fourth-order valence-electron chi connectivity index (χ4n) is 2.04. The molecule has 0 saturated carbocycles. The predicted molar refractivity (Wildman–Crippen MR) is 106 cm³/mol. The van der Waals surface area contributed by atoms with Crippen LogP contribution in [-0.2, 0) is 26.0 Å². The number of ether oxygens (including phenoxy) is 1. The maximum Gasteiger partial charge on any atom is 0.321 e. The van der Waals surface area contributed by atoms with Gasteiger partial charge in [-0.25, -0.2) is 13.1 Å². The number of carbonyl (C=O) groups is 2. The Morgan fingerprint density at radius 2 is 1.85 bits per heavy atom. The van der Waals surface area contributed by atoms with Gasteiger partial charge in [-0.15, -0.1) is 11.3 Å². The second-order valence-corrected chi connectivity index (χ2v) is 8.60. The van der Waals surface area contributed by atoms with Crippen LogP contribution in [0.4, 0.5) is 0 Å². The van der Waals surface area contributed by atoms with E-state index in [1.807, 2.05) is 32.0 Å². The summed E-state index contributed by atoms with van der Waals surface area (Å²) in [5.41, 5.74) is 1.79. The lowest BCUT2D eigenvalue weighted by molar-refractivity contribution is -0.141. The first-order chi connectivity index (χ1) is 12.8. The maximum absolute atomic E-state index is 11.9. The van der Waals surface area contributed by atoms with E-state index >= 15 is 0 Å². The van der Waals surface area contributed by atoms with Crippen molar-refractivity contribution in [3.63, 3.8) is 0 Å². The molecule has 0 spiro atoms. The molecule has 0 atom stereocenters. The number of esters is 1. The highest BCUT2D eigenvalue weighted by Gasteiger charge is 2.14. The smallest absolute Gasteiger partial charge is 0.321 e. The van der Waals surface area contributed by atoms with Crippen LogP contribution < -0.4 is 4.72 Å². The number of benzene rings is 1. The van der Waals surface area contributed by atoms with E-state index in [-0.39, 0.29) is 5.78 Å². The van der Waals surface area contributed by atoms with Gasteiger partial charge < -0.3 is 4.74 Å². The maximum atomic E-state index is 11.9. The van der Waals surface area contributed by atoms with Gasteiger partial charge in [0.05, 0.1) is 4.88 Å². The molecule has 1 heterocycles. The second kappa shape index (κ2) is 9.59. The number of aryl methyl sites for hydroxylation is 2. The molecule has 0 radical (unpaired) electrons. The van der Waals surface area contributed by atoms with Gasteiger partial charge in [-0.05, 0) is 37.1 Å². The van der Waals surface area contributed by atoms with Crippen molar-refractivity contribution in [2.75, 3.05) is 13.2 Å². The summed E-state index contributed by atoms with van der Waals surface area (Å²) < 4.78 is 30.8. The molecule has 2 aromatic rings. The van der Waals surface area contributed by atoms with E-state index in [1.165, 1.54) is 17.4 Å². The number of Topliss-reactive ketones (excluding diaryl/α,β-unsaturated/α-hetero) is 1. The van der Waals surface area contributed by atoms with Crippen LogP contribution in [0, 0.1) is 6.92 Å². The van der Waals surface area contributed by atoms with Crippen LogP contribution in [0.5, 0.6) is 0 Å². The van der Waals surface area contributed by atoms with E-state index in [9.17, 15) is 18.0 Å². The van der Waals surface area contributed by atoms with Gasteiger partial charge >= 0.3 is 5.97 Å². The molecule has 1 aromatic carbocycles. The Hall–Kier alpha value is -2.29. The zero-order valence-electron chi connectivity index (χ0n) is 15.1. The van der Waals surface area contributed by atoms with E-state index in [0.29, 0.717) is 4.88 Å². The van der Waals surface area contributed by atoms with Crippen molar-refractivity contribution >= 4 is 39.2 Å². The molecule has 0 fully saturated rings. The third-order valence-electron chi connectivity index (χ3n) is 3.58. The van der Waals surface area contributed by atoms with Crippen LogP contribution in [0.1, 0.15) is 32.6 Å². The number of nitrogens with one attached hydrogen (secondary N) is 1. The third-order valence-corrected chi connectivity index (χ3v) is 5.90. The van der Waals surface area contributed by atoms with Crippen LogP contribution in [0.15, 0.2) is 41.8 Å². The van der Waals surface area contributed by atoms with E-state index < -0.39 is 29.1 Å². The lowest BCUT2D eigenvalue weighted by Gasteiger charge is -2.04. The minimum absolute atomic E-state index is 0.310. The molecule has 2 rings (SSSR count). The molecular formula is C19H21NO5S2. The van der Waals surface area contributed by atoms with Crippen molar-refractivity contribution in [3.8, 4) is 0 Å². The van der Waals surface area contributed by atoms with Gasteiger partial charge in [0.25, 0.3) is 0 Å². The Morgan fingerprint density at radius 1 is 1.15 bits per heavy atom. The summed E-state index contributed by atoms with van der Waals surface area (Å²) in [4.78, 5) is 25.2. The second-order valence-electron chi connectivity index (χ2n) is 5.78. The summed E-state index contributed by atoms with van der Waals surface area (Å²) in [6.07, 6.45) is 2.26. The lowest BCUT2D eigenvalue weighted by atomic mass is 10.2. The Bertz CT molecular complexity index is 927. The van der Waals surface area contributed by atoms with Gasteiger partial charge in [-0.3, -0.25) is 9.59 Å². The van der Waals surface area contributed by atoms with E-state index in [0.717, 1.165) is 27.8 Å². The number of rotatable bonds is 9. The summed E-state index contributed by atoms with van der Waals surface area (Å²) in [6, 6.07) is 10.9. The predicted octanol–water partition coefficient (Wildman–Crippen LogP) is 2.94. The normalized spacial score (nSPS) is 11.6. The molecule has 1 aromatic heterocycles. The molecule has 0 amide bonds. The first-order valence-corrected chi connectivity index (χ1v) is 10.7. The minimum atomic E-state index is -3.79. The summed E-state index contributed by atoms with van der Waals surface area (Å²) in [6.45, 7) is 2.96. The Kier molecular flexibility index (Phi) is 7.46. The minimum Gasteiger partial charge on any atom is -0.456 e. The Balaban J connectivity index is 1.79. The van der Waals surface area contributed by atoms with Gasteiger partial charge in [-0.2, -0.15) is 0 Å². The van der Waals surface area contributed by atoms with Crippen LogP contribution in [0.2, 0.25) is 0 Å². The average Bonchev–Trinajstić information content (AvgIpc) is 3.13. The summed E-state index contributed by atoms with van der Waals surface area (Å²) in [7, 11) is -3.79. The molecule has 8 heteroatoms. The fourth-order valence-corrected chi connectivity index (χ4v) is 3.66. The van der Waals surface area contributed by atoms with Gasteiger partial charge in [0.1, 0.15) is 6.54 Å². The Labute approximate surface area is 162 Å². The summed E-state index contributed by atoms with van der Waals surface area (Å²) in [5.74, 6) is -1.13. The van der Waals surface area contributed by atoms with Crippen molar-refractivity contribution in [2.45, 2.75) is 20.3 Å². The van der Waals surface area contributed by atoms with Crippen LogP contribution >= 0.6 is 11.3 Å². The van der Waals surface area contributed by atoms with E-state index in [2.05, 4.69) is 4.72 Å². The summed E-state index contributed by atoms with van der Waals surface area (Å²) >= 11 is 1.35. The number of hydrogen-bond donors (Lipinski definition) is 1. The zero-order chi connectivity index (χ0) is 19.9. The first kappa shape index (κ1) is 21.0. The van der Waals surface area contributed by atoms with E-state index in [1.54, 1.807) is 18.2 Å². The van der Waals surface area contributed by atoms with Gasteiger partial charge in [0, 0.05) is 10.3 Å².